The monoisotopic (exact) mass is 210 g/mol. The molecule has 82 valence electrons. The zero-order chi connectivity index (χ0) is 11.6. The summed E-state index contributed by atoms with van der Waals surface area (Å²) in [7, 11) is 1.60. The first kappa shape index (κ1) is 11.3. The molecule has 1 aromatic rings. The number of pyridine rings is 1. The van der Waals surface area contributed by atoms with Gasteiger partial charge in [-0.05, 0) is 19.9 Å². The molecule has 2 N–H and O–H groups in total. The molecule has 0 aliphatic rings. The van der Waals surface area contributed by atoms with Crippen molar-refractivity contribution in [3.8, 4) is 0 Å². The number of nitrogens with two attached hydrogens (primary N) is 1. The minimum absolute atomic E-state index is 0.0680. The summed E-state index contributed by atoms with van der Waals surface area (Å²) in [5.74, 6) is -0.559. The average molecular weight is 210 g/mol. The molecule has 5 nitrogen and oxygen atoms in total. The lowest BCUT2D eigenvalue weighted by molar-refractivity contribution is 0.0527. The third kappa shape index (κ3) is 2.01. The van der Waals surface area contributed by atoms with Crippen LogP contribution in [0.2, 0.25) is 0 Å². The third-order valence-corrected chi connectivity index (χ3v) is 2.20. The van der Waals surface area contributed by atoms with Crippen molar-refractivity contribution in [1.82, 2.24) is 4.57 Å². The summed E-state index contributed by atoms with van der Waals surface area (Å²) >= 11 is 0. The molecule has 0 radical (unpaired) electrons. The number of ether oxygens (including phenoxy) is 1. The van der Waals surface area contributed by atoms with Gasteiger partial charge >= 0.3 is 5.97 Å². The second-order valence-corrected chi connectivity index (χ2v) is 3.20. The molecule has 1 heterocycles. The van der Waals surface area contributed by atoms with Crippen LogP contribution >= 0.6 is 0 Å². The Morgan fingerprint density at radius 2 is 2.20 bits per heavy atom. The molecule has 5 heteroatoms. The first-order valence-electron chi connectivity index (χ1n) is 4.62. The number of carbonyl (C=O) groups is 1. The van der Waals surface area contributed by atoms with E-state index < -0.39 is 5.97 Å². The molecule has 0 amide bonds. The van der Waals surface area contributed by atoms with Crippen LogP contribution in [0.5, 0.6) is 0 Å². The predicted octanol–water partition coefficient (Wildman–Crippen LogP) is 0.453. The number of hydrogen-bond acceptors (Lipinski definition) is 4. The molecule has 1 rings (SSSR count). The van der Waals surface area contributed by atoms with Crippen molar-refractivity contribution in [2.75, 3.05) is 12.3 Å². The molecule has 0 saturated carbocycles. The second kappa shape index (κ2) is 4.16. The Hall–Kier alpha value is -1.78. The van der Waals surface area contributed by atoms with Crippen molar-refractivity contribution in [3.63, 3.8) is 0 Å². The van der Waals surface area contributed by atoms with Crippen LogP contribution in [0.4, 0.5) is 5.69 Å². The van der Waals surface area contributed by atoms with Crippen molar-refractivity contribution in [2.24, 2.45) is 7.05 Å². The maximum Gasteiger partial charge on any atom is 0.340 e. The summed E-state index contributed by atoms with van der Waals surface area (Å²) in [6.07, 6.45) is 0. The van der Waals surface area contributed by atoms with E-state index in [1.54, 1.807) is 27.0 Å². The maximum atomic E-state index is 11.5. The molecule has 0 atom stereocenters. The van der Waals surface area contributed by atoms with Gasteiger partial charge in [0.15, 0.2) is 0 Å². The van der Waals surface area contributed by atoms with Crippen LogP contribution in [0.15, 0.2) is 10.9 Å². The smallest absolute Gasteiger partial charge is 0.340 e. The van der Waals surface area contributed by atoms with E-state index in [-0.39, 0.29) is 23.4 Å². The van der Waals surface area contributed by atoms with E-state index in [1.807, 2.05) is 0 Å². The van der Waals surface area contributed by atoms with Crippen LogP contribution in [-0.4, -0.2) is 17.1 Å². The fourth-order valence-electron chi connectivity index (χ4n) is 1.22. The SMILES string of the molecule is CCOC(=O)c1cc(C)n(C)c(=O)c1N. The molecule has 0 aromatic carbocycles. The Labute approximate surface area is 87.5 Å². The Balaban J connectivity index is 3.33. The lowest BCUT2D eigenvalue weighted by Gasteiger charge is -2.09. The van der Waals surface area contributed by atoms with Gasteiger partial charge in [-0.2, -0.15) is 0 Å². The number of carbonyl (C=O) groups excluding carboxylic acids is 1. The van der Waals surface area contributed by atoms with Crippen molar-refractivity contribution in [3.05, 3.63) is 27.7 Å². The van der Waals surface area contributed by atoms with E-state index in [4.69, 9.17) is 10.5 Å². The lowest BCUT2D eigenvalue weighted by atomic mass is 10.2. The molecule has 1 aromatic heterocycles. The first-order chi connectivity index (χ1) is 6.99. The Morgan fingerprint density at radius 3 is 2.73 bits per heavy atom. The zero-order valence-corrected chi connectivity index (χ0v) is 9.03. The Kier molecular flexibility index (Phi) is 3.14. The largest absolute Gasteiger partial charge is 0.462 e. The van der Waals surface area contributed by atoms with E-state index in [2.05, 4.69) is 0 Å². The summed E-state index contributed by atoms with van der Waals surface area (Å²) in [5.41, 5.74) is 5.91. The standard InChI is InChI=1S/C10H14N2O3/c1-4-15-10(14)7-5-6(2)12(3)9(13)8(7)11/h5H,4,11H2,1-3H3. The van der Waals surface area contributed by atoms with Crippen LogP contribution in [0.25, 0.3) is 0 Å². The summed E-state index contributed by atoms with van der Waals surface area (Å²) < 4.78 is 6.18. The van der Waals surface area contributed by atoms with Crippen LogP contribution in [0.1, 0.15) is 23.0 Å². The van der Waals surface area contributed by atoms with Crippen LogP contribution in [-0.2, 0) is 11.8 Å². The number of hydrogen-bond donors (Lipinski definition) is 1. The van der Waals surface area contributed by atoms with E-state index in [0.29, 0.717) is 5.69 Å². The molecule has 0 saturated heterocycles. The number of aryl methyl sites for hydroxylation is 1. The quantitative estimate of drug-likeness (QED) is 0.719. The van der Waals surface area contributed by atoms with E-state index in [9.17, 15) is 9.59 Å². The highest BCUT2D eigenvalue weighted by atomic mass is 16.5. The van der Waals surface area contributed by atoms with Gasteiger partial charge < -0.3 is 15.0 Å². The van der Waals surface area contributed by atoms with E-state index >= 15 is 0 Å². The highest BCUT2D eigenvalue weighted by molar-refractivity contribution is 5.94. The third-order valence-electron chi connectivity index (χ3n) is 2.20. The lowest BCUT2D eigenvalue weighted by Crippen LogP contribution is -2.25. The Bertz CT molecular complexity index is 449. The topological polar surface area (TPSA) is 74.3 Å². The molecular formula is C10H14N2O3. The normalized spacial score (nSPS) is 10.1. The minimum atomic E-state index is -0.559. The van der Waals surface area contributed by atoms with Gasteiger partial charge in [0.2, 0.25) is 0 Å². The average Bonchev–Trinajstić information content (AvgIpc) is 2.20. The predicted molar refractivity (Wildman–Crippen MR) is 56.8 cm³/mol. The molecule has 0 unspecified atom stereocenters. The van der Waals surface area contributed by atoms with Gasteiger partial charge in [-0.3, -0.25) is 4.79 Å². The fraction of sp³-hybridized carbons (Fsp3) is 0.400. The molecule has 15 heavy (non-hydrogen) atoms. The highest BCUT2D eigenvalue weighted by Gasteiger charge is 2.15. The molecule has 0 spiro atoms. The number of anilines is 1. The summed E-state index contributed by atoms with van der Waals surface area (Å²) in [6.45, 7) is 3.68. The van der Waals surface area contributed by atoms with Crippen molar-refractivity contribution >= 4 is 11.7 Å². The summed E-state index contributed by atoms with van der Waals surface area (Å²) in [4.78, 5) is 23.0. The van der Waals surface area contributed by atoms with Gasteiger partial charge in [0, 0.05) is 12.7 Å². The van der Waals surface area contributed by atoms with Crippen molar-refractivity contribution < 1.29 is 9.53 Å². The number of esters is 1. The molecule has 0 bridgehead atoms. The summed E-state index contributed by atoms with van der Waals surface area (Å²) in [5, 5.41) is 0. The van der Waals surface area contributed by atoms with Gasteiger partial charge in [-0.25, -0.2) is 4.79 Å². The number of rotatable bonds is 2. The van der Waals surface area contributed by atoms with Crippen molar-refractivity contribution in [2.45, 2.75) is 13.8 Å². The molecule has 0 aliphatic carbocycles. The van der Waals surface area contributed by atoms with E-state index in [1.165, 1.54) is 4.57 Å². The van der Waals surface area contributed by atoms with Crippen LogP contribution < -0.4 is 11.3 Å². The highest BCUT2D eigenvalue weighted by Crippen LogP contribution is 2.10. The number of nitrogen functional groups attached to an aromatic ring is 1. The minimum Gasteiger partial charge on any atom is -0.462 e. The Morgan fingerprint density at radius 1 is 1.60 bits per heavy atom. The van der Waals surface area contributed by atoms with Gasteiger partial charge in [-0.1, -0.05) is 0 Å². The van der Waals surface area contributed by atoms with Gasteiger partial charge in [0.1, 0.15) is 5.69 Å². The maximum absolute atomic E-state index is 11.5. The molecule has 0 fully saturated rings. The van der Waals surface area contributed by atoms with Crippen LogP contribution in [0.3, 0.4) is 0 Å². The number of nitrogens with zero attached hydrogens (tertiary/aromatic N) is 1. The second-order valence-electron chi connectivity index (χ2n) is 3.20. The fourth-order valence-corrected chi connectivity index (χ4v) is 1.22. The van der Waals surface area contributed by atoms with Gasteiger partial charge in [-0.15, -0.1) is 0 Å². The van der Waals surface area contributed by atoms with E-state index in [0.717, 1.165) is 0 Å². The molecule has 0 aliphatic heterocycles. The first-order valence-corrected chi connectivity index (χ1v) is 4.62. The number of aromatic nitrogens is 1. The van der Waals surface area contributed by atoms with Gasteiger partial charge in [0.25, 0.3) is 5.56 Å². The summed E-state index contributed by atoms with van der Waals surface area (Å²) in [6, 6.07) is 1.55. The molecular weight excluding hydrogens is 196 g/mol. The van der Waals surface area contributed by atoms with Gasteiger partial charge in [0.05, 0.1) is 12.2 Å². The van der Waals surface area contributed by atoms with Crippen molar-refractivity contribution in [1.29, 1.82) is 0 Å². The van der Waals surface area contributed by atoms with Crippen LogP contribution in [0, 0.1) is 6.92 Å². The zero-order valence-electron chi connectivity index (χ0n) is 9.03.